The molecule has 0 heterocycles. The normalized spacial score (nSPS) is 14.7. The van der Waals surface area contributed by atoms with E-state index in [1.165, 1.54) is 5.56 Å². The van der Waals surface area contributed by atoms with Crippen LogP contribution in [0.15, 0.2) is 30.3 Å². The second kappa shape index (κ2) is 7.39. The molecular formula is C13H22N2O. The number of nitrogens with one attached hydrogen (secondary N) is 1. The first kappa shape index (κ1) is 13.2. The number of nitrogens with two attached hydrogens (primary N) is 1. The van der Waals surface area contributed by atoms with Gasteiger partial charge < -0.3 is 4.74 Å². The summed E-state index contributed by atoms with van der Waals surface area (Å²) in [6.45, 7) is 2.96. The summed E-state index contributed by atoms with van der Waals surface area (Å²) in [5.41, 5.74) is 4.20. The van der Waals surface area contributed by atoms with E-state index in [2.05, 4.69) is 36.6 Å². The monoisotopic (exact) mass is 222 g/mol. The van der Waals surface area contributed by atoms with Crippen LogP contribution < -0.4 is 11.3 Å². The molecule has 2 unspecified atom stereocenters. The highest BCUT2D eigenvalue weighted by Gasteiger charge is 2.12. The van der Waals surface area contributed by atoms with Gasteiger partial charge in [0.25, 0.3) is 0 Å². The maximum atomic E-state index is 5.57. The molecule has 0 aromatic heterocycles. The lowest BCUT2D eigenvalue weighted by Crippen LogP contribution is -2.38. The molecule has 3 heteroatoms. The van der Waals surface area contributed by atoms with E-state index in [9.17, 15) is 0 Å². The van der Waals surface area contributed by atoms with E-state index in [-0.39, 0.29) is 0 Å². The van der Waals surface area contributed by atoms with Crippen molar-refractivity contribution in [1.82, 2.24) is 5.43 Å². The quantitative estimate of drug-likeness (QED) is 0.545. The number of methoxy groups -OCH3 is 1. The zero-order valence-corrected chi connectivity index (χ0v) is 10.1. The fourth-order valence-corrected chi connectivity index (χ4v) is 1.95. The Hall–Kier alpha value is -0.900. The number of hydrazine groups is 1. The van der Waals surface area contributed by atoms with Gasteiger partial charge in [-0.25, -0.2) is 0 Å². The minimum atomic E-state index is 0.313. The summed E-state index contributed by atoms with van der Waals surface area (Å²) >= 11 is 0. The summed E-state index contributed by atoms with van der Waals surface area (Å²) in [7, 11) is 1.73. The SMILES string of the molecule is COCC(C)CC(Cc1ccccc1)NN. The molecule has 0 spiro atoms. The van der Waals surface area contributed by atoms with Crippen molar-refractivity contribution in [3.63, 3.8) is 0 Å². The number of hydrogen-bond acceptors (Lipinski definition) is 3. The molecule has 3 N–H and O–H groups in total. The summed E-state index contributed by atoms with van der Waals surface area (Å²) in [5.74, 6) is 6.10. The summed E-state index contributed by atoms with van der Waals surface area (Å²) < 4.78 is 5.13. The Labute approximate surface area is 98.0 Å². The van der Waals surface area contributed by atoms with Gasteiger partial charge in [0.15, 0.2) is 0 Å². The van der Waals surface area contributed by atoms with Crippen molar-refractivity contribution in [3.05, 3.63) is 35.9 Å². The molecule has 1 aromatic rings. The lowest BCUT2D eigenvalue weighted by atomic mass is 9.97. The van der Waals surface area contributed by atoms with Crippen LogP contribution in [0.4, 0.5) is 0 Å². The maximum absolute atomic E-state index is 5.57. The van der Waals surface area contributed by atoms with Crippen molar-refractivity contribution in [1.29, 1.82) is 0 Å². The Balaban J connectivity index is 2.43. The van der Waals surface area contributed by atoms with Gasteiger partial charge in [0.05, 0.1) is 0 Å². The first-order valence-electron chi connectivity index (χ1n) is 5.75. The molecule has 90 valence electrons. The van der Waals surface area contributed by atoms with Crippen LogP contribution in [0, 0.1) is 5.92 Å². The lowest BCUT2D eigenvalue weighted by Gasteiger charge is -2.19. The molecule has 0 amide bonds. The van der Waals surface area contributed by atoms with Crippen molar-refractivity contribution in [2.24, 2.45) is 11.8 Å². The van der Waals surface area contributed by atoms with E-state index in [0.717, 1.165) is 19.4 Å². The molecule has 16 heavy (non-hydrogen) atoms. The smallest absolute Gasteiger partial charge is 0.0488 e. The average molecular weight is 222 g/mol. The standard InChI is InChI=1S/C13H22N2O/c1-11(10-16-2)8-13(15-14)9-12-6-4-3-5-7-12/h3-7,11,13,15H,8-10,14H2,1-2H3. The van der Waals surface area contributed by atoms with Crippen molar-refractivity contribution in [2.75, 3.05) is 13.7 Å². The van der Waals surface area contributed by atoms with E-state index in [4.69, 9.17) is 10.6 Å². The van der Waals surface area contributed by atoms with Crippen LogP contribution in [0.5, 0.6) is 0 Å². The molecule has 0 fully saturated rings. The minimum absolute atomic E-state index is 0.313. The van der Waals surface area contributed by atoms with Crippen molar-refractivity contribution in [3.8, 4) is 0 Å². The first-order valence-corrected chi connectivity index (χ1v) is 5.75. The minimum Gasteiger partial charge on any atom is -0.384 e. The molecular weight excluding hydrogens is 200 g/mol. The molecule has 3 nitrogen and oxygen atoms in total. The third-order valence-corrected chi connectivity index (χ3v) is 2.70. The molecule has 0 saturated heterocycles. The summed E-state index contributed by atoms with van der Waals surface area (Å²) in [6.07, 6.45) is 1.99. The van der Waals surface area contributed by atoms with Gasteiger partial charge in [0.1, 0.15) is 0 Å². The Morgan fingerprint density at radius 3 is 2.56 bits per heavy atom. The summed E-state index contributed by atoms with van der Waals surface area (Å²) in [6, 6.07) is 10.7. The molecule has 0 aliphatic heterocycles. The number of ether oxygens (including phenoxy) is 1. The third kappa shape index (κ3) is 4.75. The Bertz CT molecular complexity index is 277. The molecule has 0 aliphatic carbocycles. The van der Waals surface area contributed by atoms with Gasteiger partial charge >= 0.3 is 0 Å². The van der Waals surface area contributed by atoms with E-state index >= 15 is 0 Å². The predicted octanol–water partition coefficient (Wildman–Crippen LogP) is 1.73. The molecule has 1 rings (SSSR count). The molecule has 0 aliphatic rings. The largest absolute Gasteiger partial charge is 0.384 e. The van der Waals surface area contributed by atoms with E-state index in [0.29, 0.717) is 12.0 Å². The fourth-order valence-electron chi connectivity index (χ4n) is 1.95. The number of hydrogen-bond donors (Lipinski definition) is 2. The van der Waals surface area contributed by atoms with Crippen LogP contribution in [-0.4, -0.2) is 19.8 Å². The summed E-state index contributed by atoms with van der Waals surface area (Å²) in [5, 5.41) is 0. The first-order chi connectivity index (χ1) is 7.76. The highest BCUT2D eigenvalue weighted by molar-refractivity contribution is 5.15. The van der Waals surface area contributed by atoms with Crippen molar-refractivity contribution >= 4 is 0 Å². The van der Waals surface area contributed by atoms with E-state index < -0.39 is 0 Å². The lowest BCUT2D eigenvalue weighted by molar-refractivity contribution is 0.149. The van der Waals surface area contributed by atoms with Crippen LogP contribution in [0.3, 0.4) is 0 Å². The van der Waals surface area contributed by atoms with Gasteiger partial charge in [-0.3, -0.25) is 11.3 Å². The topological polar surface area (TPSA) is 47.3 Å². The highest BCUT2D eigenvalue weighted by Crippen LogP contribution is 2.11. The van der Waals surface area contributed by atoms with Gasteiger partial charge in [-0.2, -0.15) is 0 Å². The zero-order chi connectivity index (χ0) is 11.8. The van der Waals surface area contributed by atoms with Gasteiger partial charge in [0.2, 0.25) is 0 Å². The maximum Gasteiger partial charge on any atom is 0.0488 e. The average Bonchev–Trinajstić information content (AvgIpc) is 2.30. The third-order valence-electron chi connectivity index (χ3n) is 2.70. The second-order valence-corrected chi connectivity index (χ2v) is 4.35. The van der Waals surface area contributed by atoms with E-state index in [1.807, 2.05) is 6.07 Å². The second-order valence-electron chi connectivity index (χ2n) is 4.35. The Morgan fingerprint density at radius 2 is 2.00 bits per heavy atom. The van der Waals surface area contributed by atoms with Crippen LogP contribution in [0.2, 0.25) is 0 Å². The van der Waals surface area contributed by atoms with Gasteiger partial charge in [-0.05, 0) is 24.3 Å². The Kier molecular flexibility index (Phi) is 6.08. The molecule has 1 aromatic carbocycles. The number of benzene rings is 1. The van der Waals surface area contributed by atoms with Crippen LogP contribution in [-0.2, 0) is 11.2 Å². The predicted molar refractivity (Wildman–Crippen MR) is 66.9 cm³/mol. The van der Waals surface area contributed by atoms with Crippen molar-refractivity contribution < 1.29 is 4.74 Å². The van der Waals surface area contributed by atoms with Crippen LogP contribution in [0.1, 0.15) is 18.9 Å². The van der Waals surface area contributed by atoms with Crippen LogP contribution >= 0.6 is 0 Å². The summed E-state index contributed by atoms with van der Waals surface area (Å²) in [4.78, 5) is 0. The molecule has 0 bridgehead atoms. The Morgan fingerprint density at radius 1 is 1.31 bits per heavy atom. The van der Waals surface area contributed by atoms with Gasteiger partial charge in [0, 0.05) is 19.8 Å². The fraction of sp³-hybridized carbons (Fsp3) is 0.538. The van der Waals surface area contributed by atoms with Crippen molar-refractivity contribution in [2.45, 2.75) is 25.8 Å². The molecule has 0 saturated carbocycles. The van der Waals surface area contributed by atoms with Gasteiger partial charge in [-0.15, -0.1) is 0 Å². The zero-order valence-electron chi connectivity index (χ0n) is 10.1. The van der Waals surface area contributed by atoms with Gasteiger partial charge in [-0.1, -0.05) is 37.3 Å². The molecule has 2 atom stereocenters. The highest BCUT2D eigenvalue weighted by atomic mass is 16.5. The van der Waals surface area contributed by atoms with E-state index in [1.54, 1.807) is 7.11 Å². The van der Waals surface area contributed by atoms with Crippen LogP contribution in [0.25, 0.3) is 0 Å². The molecule has 0 radical (unpaired) electrons. The number of rotatable bonds is 7.